The molecule has 0 bridgehead atoms. The number of carbonyl (C=O) groups excluding carboxylic acids is 4. The maximum atomic E-state index is 13.0. The van der Waals surface area contributed by atoms with Crippen molar-refractivity contribution < 1.29 is 46.4 Å². The van der Waals surface area contributed by atoms with Crippen molar-refractivity contribution in [1.29, 1.82) is 0 Å². The van der Waals surface area contributed by atoms with Gasteiger partial charge in [-0.25, -0.2) is 17.7 Å². The van der Waals surface area contributed by atoms with Gasteiger partial charge in [0.2, 0.25) is 12.1 Å². The zero-order chi connectivity index (χ0) is 32.4. The van der Waals surface area contributed by atoms with Crippen molar-refractivity contribution in [2.24, 2.45) is 23.9 Å². The second kappa shape index (κ2) is 15.3. The summed E-state index contributed by atoms with van der Waals surface area (Å²) in [7, 11) is -2.97. The van der Waals surface area contributed by atoms with E-state index in [9.17, 15) is 22.6 Å². The van der Waals surface area contributed by atoms with Crippen molar-refractivity contribution in [2.45, 2.75) is 32.4 Å². The Kier molecular flexibility index (Phi) is 11.8. The average Bonchev–Trinajstić information content (AvgIpc) is 3.57. The van der Waals surface area contributed by atoms with Crippen LogP contribution in [0.15, 0.2) is 47.2 Å². The van der Waals surface area contributed by atoms with Crippen molar-refractivity contribution in [3.63, 3.8) is 0 Å². The monoisotopic (exact) mass is 649 g/mol. The van der Waals surface area contributed by atoms with E-state index in [2.05, 4.69) is 21.0 Å². The number of Topliss-reactive ketones (excluding diaryl/α,β-unsaturated/α-hetero) is 1. The number of nitrogen functional groups attached to an aromatic ring is 1. The van der Waals surface area contributed by atoms with Crippen LogP contribution in [0.3, 0.4) is 0 Å². The number of anilines is 1. The van der Waals surface area contributed by atoms with E-state index in [1.165, 1.54) is 12.3 Å². The van der Waals surface area contributed by atoms with Crippen LogP contribution in [0.5, 0.6) is 5.75 Å². The predicted octanol–water partition coefficient (Wildman–Crippen LogP) is -0.150. The third-order valence-electron chi connectivity index (χ3n) is 6.56. The summed E-state index contributed by atoms with van der Waals surface area (Å²) in [5.41, 5.74) is 13.4. The highest BCUT2D eigenvalue weighted by Gasteiger charge is 2.49. The summed E-state index contributed by atoms with van der Waals surface area (Å²) in [6.45, 7) is 2.97. The number of aryl methyl sites for hydroxylation is 2. The van der Waals surface area contributed by atoms with Crippen LogP contribution in [-0.2, 0) is 47.9 Å². The van der Waals surface area contributed by atoms with Crippen LogP contribution in [0, 0.1) is 5.92 Å². The number of ether oxygens (including phenoxy) is 1. The van der Waals surface area contributed by atoms with E-state index in [-0.39, 0.29) is 46.6 Å². The lowest BCUT2D eigenvalue weighted by Gasteiger charge is -2.45. The number of carbonyl (C=O) groups is 2. The summed E-state index contributed by atoms with van der Waals surface area (Å²) in [6.07, 6.45) is 4.87. The molecule has 1 fully saturated rings. The molecule has 0 unspecified atom stereocenters. The fraction of sp³-hybridized carbons (Fsp3) is 0.385. The molecule has 4 N–H and O–H groups in total. The van der Waals surface area contributed by atoms with E-state index in [0.29, 0.717) is 12.3 Å². The Labute approximate surface area is 256 Å². The van der Waals surface area contributed by atoms with Gasteiger partial charge in [0.05, 0.1) is 30.3 Å². The molecule has 1 aromatic carbocycles. The number of thiazole rings is 1. The number of aromatic nitrogens is 3. The topological polar surface area (TPSA) is 233 Å². The third kappa shape index (κ3) is 8.55. The van der Waals surface area contributed by atoms with E-state index in [1.807, 2.05) is 42.2 Å². The van der Waals surface area contributed by atoms with Crippen molar-refractivity contribution in [3.05, 3.63) is 47.7 Å². The minimum atomic E-state index is -4.95. The van der Waals surface area contributed by atoms with E-state index in [0.717, 1.165) is 35.4 Å². The summed E-state index contributed by atoms with van der Waals surface area (Å²) in [6, 6.07) is 6.62. The highest BCUT2D eigenvalue weighted by molar-refractivity contribution is 7.84. The molecule has 3 aromatic rings. The van der Waals surface area contributed by atoms with Crippen LogP contribution in [0.1, 0.15) is 25.5 Å². The molecular formula is C26H31N7O9S2. The molecule has 0 aliphatic carbocycles. The smallest absolute Gasteiger partial charge is 0.373 e. The molecule has 16 nitrogen and oxygen atoms in total. The first-order valence-corrected chi connectivity index (χ1v) is 15.4. The zero-order valence-electron chi connectivity index (χ0n) is 23.8. The minimum Gasteiger partial charge on any atom is -0.731 e. The number of β-lactam (4-membered cyclic amide) rings is 1. The number of hydrogen-bond acceptors (Lipinski definition) is 14. The zero-order valence-corrected chi connectivity index (χ0v) is 25.5. The lowest BCUT2D eigenvalue weighted by Crippen LogP contribution is -2.62. The predicted molar refractivity (Wildman–Crippen MR) is 153 cm³/mol. The van der Waals surface area contributed by atoms with Gasteiger partial charge in [-0.2, -0.15) is 14.3 Å². The second-order valence-electron chi connectivity index (χ2n) is 9.46. The second-order valence-corrected chi connectivity index (χ2v) is 11.6. The minimum absolute atomic E-state index is 0.00105. The Morgan fingerprint density at radius 3 is 2.48 bits per heavy atom. The van der Waals surface area contributed by atoms with Gasteiger partial charge in [-0.1, -0.05) is 17.3 Å². The van der Waals surface area contributed by atoms with Crippen molar-refractivity contribution in [1.82, 2.24) is 14.0 Å². The van der Waals surface area contributed by atoms with E-state index < -0.39 is 34.0 Å². The Hall–Kier alpha value is -4.48. The molecule has 1 amide bonds. The standard InChI is InChI=1S/C25H31N7O7S2.CO2/c1-16-20(24(34)32(16)41(35,36)37)12-22(33)23(21-15-40-25(27)28-21)29-39-11-10-38-19-6-4-17(5-7-19)18-13-30(2)31(14-18)9-3-8-26;2-1-3/h4-7,13-16,20H,3,8-12,26H2,1-2H3,(H2-,27,28,35,36,37);/b29-23-;/t16-,20+;/m1./s1. The summed E-state index contributed by atoms with van der Waals surface area (Å²) in [4.78, 5) is 50.8. The molecule has 4 rings (SSSR count). The first kappa shape index (κ1) is 34.0. The maximum absolute atomic E-state index is 13.0. The van der Waals surface area contributed by atoms with Crippen LogP contribution in [0.2, 0.25) is 0 Å². The fourth-order valence-electron chi connectivity index (χ4n) is 4.39. The van der Waals surface area contributed by atoms with Crippen LogP contribution in [0.4, 0.5) is 5.13 Å². The largest absolute Gasteiger partial charge is 0.731 e. The number of nitrogens with two attached hydrogens (primary N) is 2. The van der Waals surface area contributed by atoms with Gasteiger partial charge in [0.1, 0.15) is 18.1 Å². The number of rotatable bonds is 14. The molecule has 3 heterocycles. The van der Waals surface area contributed by atoms with Gasteiger partial charge in [-0.15, -0.1) is 16.0 Å². The van der Waals surface area contributed by atoms with Crippen LogP contribution in [0.25, 0.3) is 11.1 Å². The van der Waals surface area contributed by atoms with Crippen LogP contribution < -0.4 is 20.9 Å². The average molecular weight is 650 g/mol. The normalized spacial score (nSPS) is 16.4. The van der Waals surface area contributed by atoms with E-state index >= 15 is 0 Å². The maximum Gasteiger partial charge on any atom is 0.373 e. The molecule has 0 saturated carbocycles. The van der Waals surface area contributed by atoms with Crippen LogP contribution in [-0.4, -0.2) is 76.3 Å². The number of oxime groups is 1. The van der Waals surface area contributed by atoms with E-state index in [4.69, 9.17) is 30.6 Å². The Balaban J connectivity index is 0.00000169. The number of amides is 1. The Morgan fingerprint density at radius 2 is 1.91 bits per heavy atom. The third-order valence-corrected chi connectivity index (χ3v) is 8.23. The summed E-state index contributed by atoms with van der Waals surface area (Å²) < 4.78 is 43.8. The molecule has 18 heteroatoms. The highest BCUT2D eigenvalue weighted by atomic mass is 32.2. The van der Waals surface area contributed by atoms with Gasteiger partial charge >= 0.3 is 6.15 Å². The van der Waals surface area contributed by atoms with Gasteiger partial charge < -0.3 is 25.6 Å². The Bertz CT molecular complexity index is 1630. The van der Waals surface area contributed by atoms with Crippen molar-refractivity contribution >= 4 is 50.3 Å². The molecule has 2 aromatic heterocycles. The fourth-order valence-corrected chi connectivity index (χ4v) is 5.85. The van der Waals surface area contributed by atoms with Gasteiger partial charge in [-0.3, -0.25) is 9.59 Å². The number of nitrogens with zero attached hydrogens (tertiary/aromatic N) is 5. The molecule has 2 atom stereocenters. The van der Waals surface area contributed by atoms with Crippen molar-refractivity contribution in [3.8, 4) is 16.9 Å². The number of benzene rings is 1. The SMILES string of the molecule is C[C@@H]1[C@H](CC(=O)/C(=N\OCCOc2ccc(-c3cn(CCCN)[n+](C)c3)cc2)c2csc(N)n2)C(=O)N1S(=O)(=O)[O-].O=C=O. The van der Waals surface area contributed by atoms with Gasteiger partial charge in [0.25, 0.3) is 0 Å². The first-order valence-electron chi connectivity index (χ1n) is 13.1. The molecule has 44 heavy (non-hydrogen) atoms. The van der Waals surface area contributed by atoms with Crippen LogP contribution >= 0.6 is 11.3 Å². The molecular weight excluding hydrogens is 618 g/mol. The Morgan fingerprint density at radius 1 is 1.23 bits per heavy atom. The van der Waals surface area contributed by atoms with Gasteiger partial charge in [0, 0.05) is 11.8 Å². The quantitative estimate of drug-likeness (QED) is 0.0579. The summed E-state index contributed by atoms with van der Waals surface area (Å²) >= 11 is 1.09. The van der Waals surface area contributed by atoms with Crippen molar-refractivity contribution in [2.75, 3.05) is 25.5 Å². The van der Waals surface area contributed by atoms with Gasteiger partial charge in [-0.05, 0) is 37.6 Å². The molecule has 0 radical (unpaired) electrons. The van der Waals surface area contributed by atoms with E-state index in [1.54, 1.807) is 0 Å². The number of hydrogen-bond donors (Lipinski definition) is 2. The molecule has 1 saturated heterocycles. The number of ketones is 1. The first-order chi connectivity index (χ1) is 20.9. The summed E-state index contributed by atoms with van der Waals surface area (Å²) in [5.74, 6) is -1.90. The lowest BCUT2D eigenvalue weighted by atomic mass is 9.86. The molecule has 1 aliphatic heterocycles. The van der Waals surface area contributed by atoms with Gasteiger partial charge in [0.15, 0.2) is 40.6 Å². The summed E-state index contributed by atoms with van der Waals surface area (Å²) in [5, 5.41) is 5.62. The molecule has 236 valence electrons. The highest BCUT2D eigenvalue weighted by Crippen LogP contribution is 2.32. The molecule has 1 aliphatic rings. The lowest BCUT2D eigenvalue weighted by molar-refractivity contribution is -0.753. The molecule has 0 spiro atoms.